The van der Waals surface area contributed by atoms with Crippen LogP contribution in [0.1, 0.15) is 34.5 Å². The molecule has 1 fully saturated rings. The average molecular weight is 396 g/mol. The van der Waals surface area contributed by atoms with E-state index in [9.17, 15) is 4.79 Å². The van der Waals surface area contributed by atoms with Gasteiger partial charge in [-0.1, -0.05) is 60.7 Å². The van der Waals surface area contributed by atoms with Gasteiger partial charge in [-0.15, -0.1) is 0 Å². The highest BCUT2D eigenvalue weighted by Crippen LogP contribution is 2.47. The highest BCUT2D eigenvalue weighted by molar-refractivity contribution is 6.07. The predicted molar refractivity (Wildman–Crippen MR) is 118 cm³/mol. The number of hydrogen-bond acceptors (Lipinski definition) is 3. The van der Waals surface area contributed by atoms with E-state index < -0.39 is 0 Å². The maximum Gasteiger partial charge on any atom is 0.252 e. The highest BCUT2D eigenvalue weighted by Gasteiger charge is 2.44. The number of carbonyl (C=O) groups is 1. The summed E-state index contributed by atoms with van der Waals surface area (Å²) in [6.07, 6.45) is 2.20. The first-order valence-corrected chi connectivity index (χ1v) is 10.3. The van der Waals surface area contributed by atoms with E-state index in [1.165, 1.54) is 5.56 Å². The zero-order chi connectivity index (χ0) is 20.7. The van der Waals surface area contributed by atoms with Crippen LogP contribution >= 0.6 is 0 Å². The van der Waals surface area contributed by atoms with Gasteiger partial charge in [-0.05, 0) is 31.4 Å². The third-order valence-corrected chi connectivity index (χ3v) is 6.11. The van der Waals surface area contributed by atoms with Crippen LogP contribution in [-0.2, 0) is 12.5 Å². The molecule has 1 aliphatic carbocycles. The molecule has 5 rings (SSSR count). The van der Waals surface area contributed by atoms with E-state index in [4.69, 9.17) is 4.98 Å². The Balaban J connectivity index is 1.51. The van der Waals surface area contributed by atoms with Gasteiger partial charge in [-0.25, -0.2) is 4.98 Å². The minimum absolute atomic E-state index is 0.0648. The molecular weight excluding hydrogens is 372 g/mol. The van der Waals surface area contributed by atoms with Crippen molar-refractivity contribution in [2.75, 3.05) is 6.54 Å². The maximum absolute atomic E-state index is 13.3. The Bertz CT molecular complexity index is 1220. The molecule has 1 amide bonds. The molecule has 0 atom stereocenters. The first-order valence-electron chi connectivity index (χ1n) is 10.3. The molecular formula is C25H24N4O. The predicted octanol–water partition coefficient (Wildman–Crippen LogP) is 4.41. The van der Waals surface area contributed by atoms with Crippen LogP contribution in [0.3, 0.4) is 0 Å². The Morgan fingerprint density at radius 1 is 1.07 bits per heavy atom. The summed E-state index contributed by atoms with van der Waals surface area (Å²) in [5.41, 5.74) is 5.30. The smallest absolute Gasteiger partial charge is 0.252 e. The highest BCUT2D eigenvalue weighted by atomic mass is 16.1. The zero-order valence-corrected chi connectivity index (χ0v) is 17.2. The number of rotatable bonds is 5. The van der Waals surface area contributed by atoms with Gasteiger partial charge >= 0.3 is 0 Å². The van der Waals surface area contributed by atoms with Crippen molar-refractivity contribution in [1.29, 1.82) is 0 Å². The van der Waals surface area contributed by atoms with Crippen LogP contribution in [0.4, 0.5) is 0 Å². The number of carbonyl (C=O) groups excluding carboxylic acids is 1. The van der Waals surface area contributed by atoms with Crippen LogP contribution < -0.4 is 5.32 Å². The van der Waals surface area contributed by atoms with E-state index in [2.05, 4.69) is 34.7 Å². The summed E-state index contributed by atoms with van der Waals surface area (Å²) < 4.78 is 1.75. The lowest BCUT2D eigenvalue weighted by molar-refractivity contribution is 0.0951. The number of fused-ring (bicyclic) bond motifs is 1. The number of aryl methyl sites for hydroxylation is 2. The molecule has 0 radical (unpaired) electrons. The largest absolute Gasteiger partial charge is 0.351 e. The molecule has 1 N–H and O–H groups in total. The molecule has 0 saturated heterocycles. The summed E-state index contributed by atoms with van der Waals surface area (Å²) in [6.45, 7) is 2.56. The van der Waals surface area contributed by atoms with Crippen LogP contribution in [-0.4, -0.2) is 27.2 Å². The third kappa shape index (κ3) is 3.16. The summed E-state index contributed by atoms with van der Waals surface area (Å²) in [6, 6.07) is 22.3. The second kappa shape index (κ2) is 7.10. The van der Waals surface area contributed by atoms with Crippen molar-refractivity contribution in [2.24, 2.45) is 7.05 Å². The normalized spacial score (nSPS) is 14.6. The van der Waals surface area contributed by atoms with Gasteiger partial charge in [0.05, 0.1) is 22.3 Å². The average Bonchev–Trinajstić information content (AvgIpc) is 3.53. The fourth-order valence-electron chi connectivity index (χ4n) is 4.24. The van der Waals surface area contributed by atoms with Crippen molar-refractivity contribution >= 4 is 16.9 Å². The van der Waals surface area contributed by atoms with Gasteiger partial charge in [0, 0.05) is 24.6 Å². The third-order valence-electron chi connectivity index (χ3n) is 6.11. The van der Waals surface area contributed by atoms with Crippen LogP contribution in [0.5, 0.6) is 0 Å². The van der Waals surface area contributed by atoms with E-state index in [-0.39, 0.29) is 11.3 Å². The van der Waals surface area contributed by atoms with Crippen molar-refractivity contribution in [3.8, 4) is 11.3 Å². The SMILES string of the molecule is Cc1nn(C)c2nc(-c3ccccc3)cc(C(=O)NCC3(c4ccccc4)CC3)c12. The number of nitrogens with one attached hydrogen (secondary N) is 1. The van der Waals surface area contributed by atoms with Crippen LogP contribution in [0.25, 0.3) is 22.3 Å². The summed E-state index contributed by atoms with van der Waals surface area (Å²) in [5.74, 6) is -0.0714. The van der Waals surface area contributed by atoms with Gasteiger partial charge in [-0.3, -0.25) is 9.48 Å². The summed E-state index contributed by atoms with van der Waals surface area (Å²) >= 11 is 0. The summed E-state index contributed by atoms with van der Waals surface area (Å²) in [7, 11) is 1.87. The van der Waals surface area contributed by atoms with Crippen molar-refractivity contribution in [3.05, 3.63) is 83.6 Å². The minimum atomic E-state index is -0.0714. The number of amides is 1. The summed E-state index contributed by atoms with van der Waals surface area (Å²) in [5, 5.41) is 8.53. The lowest BCUT2D eigenvalue weighted by atomic mass is 9.96. The summed E-state index contributed by atoms with van der Waals surface area (Å²) in [4.78, 5) is 18.1. The van der Waals surface area contributed by atoms with Gasteiger partial charge in [-0.2, -0.15) is 5.10 Å². The van der Waals surface area contributed by atoms with Crippen LogP contribution in [0.2, 0.25) is 0 Å². The lowest BCUT2D eigenvalue weighted by Crippen LogP contribution is -2.32. The molecule has 5 nitrogen and oxygen atoms in total. The first-order chi connectivity index (χ1) is 14.6. The Hall–Kier alpha value is -3.47. The van der Waals surface area contributed by atoms with E-state index >= 15 is 0 Å². The Labute approximate surface area is 175 Å². The van der Waals surface area contributed by atoms with Gasteiger partial charge in [0.1, 0.15) is 0 Å². The van der Waals surface area contributed by atoms with Gasteiger partial charge in [0.15, 0.2) is 5.65 Å². The Morgan fingerprint density at radius 2 is 1.73 bits per heavy atom. The van der Waals surface area contributed by atoms with Gasteiger partial charge in [0.25, 0.3) is 5.91 Å². The Morgan fingerprint density at radius 3 is 2.40 bits per heavy atom. The molecule has 0 unspecified atom stereocenters. The van der Waals surface area contributed by atoms with Gasteiger partial charge in [0.2, 0.25) is 0 Å². The molecule has 0 bridgehead atoms. The second-order valence-corrected chi connectivity index (χ2v) is 8.16. The Kier molecular flexibility index (Phi) is 4.39. The van der Waals surface area contributed by atoms with E-state index in [1.807, 2.05) is 56.4 Å². The van der Waals surface area contributed by atoms with Crippen molar-refractivity contribution < 1.29 is 4.79 Å². The molecule has 2 aromatic carbocycles. The number of aromatic nitrogens is 3. The fourth-order valence-corrected chi connectivity index (χ4v) is 4.24. The first kappa shape index (κ1) is 18.6. The van der Waals surface area contributed by atoms with E-state index in [0.29, 0.717) is 12.1 Å². The molecule has 2 heterocycles. The number of nitrogens with zero attached hydrogens (tertiary/aromatic N) is 3. The molecule has 30 heavy (non-hydrogen) atoms. The van der Waals surface area contributed by atoms with E-state index in [1.54, 1.807) is 4.68 Å². The fraction of sp³-hybridized carbons (Fsp3) is 0.240. The topological polar surface area (TPSA) is 59.8 Å². The van der Waals surface area contributed by atoms with Gasteiger partial charge < -0.3 is 5.32 Å². The zero-order valence-electron chi connectivity index (χ0n) is 17.2. The maximum atomic E-state index is 13.3. The van der Waals surface area contributed by atoms with E-state index in [0.717, 1.165) is 40.8 Å². The quantitative estimate of drug-likeness (QED) is 0.544. The minimum Gasteiger partial charge on any atom is -0.351 e. The number of pyridine rings is 1. The molecule has 1 saturated carbocycles. The lowest BCUT2D eigenvalue weighted by Gasteiger charge is -2.17. The van der Waals surface area contributed by atoms with Crippen molar-refractivity contribution in [2.45, 2.75) is 25.2 Å². The molecule has 0 aliphatic heterocycles. The van der Waals surface area contributed by atoms with Crippen LogP contribution in [0.15, 0.2) is 66.7 Å². The number of benzene rings is 2. The molecule has 1 aliphatic rings. The molecule has 4 aromatic rings. The van der Waals surface area contributed by atoms with Crippen molar-refractivity contribution in [1.82, 2.24) is 20.1 Å². The molecule has 150 valence electrons. The molecule has 5 heteroatoms. The standard InChI is InChI=1S/C25H24N4O/c1-17-22-20(24(30)26-16-25(13-14-25)19-11-7-4-8-12-19)15-21(18-9-5-3-6-10-18)27-23(22)29(2)28-17/h3-12,15H,13-14,16H2,1-2H3,(H,26,30). The second-order valence-electron chi connectivity index (χ2n) is 8.16. The molecule has 0 spiro atoms. The van der Waals surface area contributed by atoms with Crippen molar-refractivity contribution in [3.63, 3.8) is 0 Å². The number of hydrogen-bond donors (Lipinski definition) is 1. The van der Waals surface area contributed by atoms with Crippen LogP contribution in [0, 0.1) is 6.92 Å². The monoisotopic (exact) mass is 396 g/mol. The molecule has 2 aromatic heterocycles.